The fourth-order valence-electron chi connectivity index (χ4n) is 1.91. The molecule has 2 aromatic rings. The van der Waals surface area contributed by atoms with E-state index in [-0.39, 0.29) is 12.3 Å². The van der Waals surface area contributed by atoms with Crippen LogP contribution in [0.25, 0.3) is 6.08 Å². The molecule has 0 spiro atoms. The molecule has 0 saturated heterocycles. The fraction of sp³-hybridized carbons (Fsp3) is 0.0526. The van der Waals surface area contributed by atoms with Gasteiger partial charge in [0.25, 0.3) is 5.91 Å². The van der Waals surface area contributed by atoms with E-state index >= 15 is 0 Å². The van der Waals surface area contributed by atoms with Gasteiger partial charge in [0.1, 0.15) is 12.3 Å². The molecule has 0 fully saturated rings. The van der Waals surface area contributed by atoms with Crippen LogP contribution in [0.2, 0.25) is 0 Å². The lowest BCUT2D eigenvalue weighted by atomic mass is 10.1. The summed E-state index contributed by atoms with van der Waals surface area (Å²) >= 11 is 3.32. The van der Waals surface area contributed by atoms with Crippen molar-refractivity contribution in [2.24, 2.45) is 0 Å². The van der Waals surface area contributed by atoms with Crippen molar-refractivity contribution in [1.29, 1.82) is 0 Å². The lowest BCUT2D eigenvalue weighted by Gasteiger charge is -2.10. The van der Waals surface area contributed by atoms with Crippen molar-refractivity contribution in [3.8, 4) is 0 Å². The highest BCUT2D eigenvalue weighted by molar-refractivity contribution is 9.10. The van der Waals surface area contributed by atoms with Gasteiger partial charge < -0.3 is 10.1 Å². The molecular formula is C19H16BrNO3. The van der Waals surface area contributed by atoms with Crippen molar-refractivity contribution in [3.63, 3.8) is 0 Å². The number of carbonyl (C=O) groups is 2. The molecule has 24 heavy (non-hydrogen) atoms. The Kier molecular flexibility index (Phi) is 6.51. The Labute approximate surface area is 149 Å². The number of hydrogen-bond donors (Lipinski definition) is 1. The van der Waals surface area contributed by atoms with Gasteiger partial charge in [-0.15, -0.1) is 0 Å². The fourth-order valence-corrected chi connectivity index (χ4v) is 2.37. The second-order valence-corrected chi connectivity index (χ2v) is 5.64. The zero-order valence-electron chi connectivity index (χ0n) is 12.9. The number of halogens is 1. The molecule has 0 saturated carbocycles. The summed E-state index contributed by atoms with van der Waals surface area (Å²) < 4.78 is 5.68. The molecule has 5 heteroatoms. The first-order valence-corrected chi connectivity index (χ1v) is 8.01. The van der Waals surface area contributed by atoms with Crippen LogP contribution < -0.4 is 5.32 Å². The van der Waals surface area contributed by atoms with Crippen LogP contribution >= 0.6 is 15.9 Å². The molecule has 1 N–H and O–H groups in total. The van der Waals surface area contributed by atoms with Gasteiger partial charge in [0.15, 0.2) is 0 Å². The van der Waals surface area contributed by atoms with E-state index in [9.17, 15) is 9.59 Å². The average Bonchev–Trinajstić information content (AvgIpc) is 2.60. The largest absolute Gasteiger partial charge is 0.457 e. The topological polar surface area (TPSA) is 55.4 Å². The van der Waals surface area contributed by atoms with Gasteiger partial charge >= 0.3 is 5.97 Å². The van der Waals surface area contributed by atoms with E-state index < -0.39 is 11.9 Å². The summed E-state index contributed by atoms with van der Waals surface area (Å²) in [6, 6.07) is 16.2. The van der Waals surface area contributed by atoms with Gasteiger partial charge in [0.2, 0.25) is 0 Å². The van der Waals surface area contributed by atoms with Crippen molar-refractivity contribution in [2.75, 3.05) is 6.61 Å². The Bertz CT molecular complexity index is 769. The number of hydrogen-bond acceptors (Lipinski definition) is 3. The first kappa shape index (κ1) is 17.7. The molecule has 0 bridgehead atoms. The molecule has 0 aliphatic carbocycles. The Morgan fingerprint density at radius 2 is 1.75 bits per heavy atom. The zero-order valence-corrected chi connectivity index (χ0v) is 14.5. The van der Waals surface area contributed by atoms with Crippen molar-refractivity contribution in [2.45, 2.75) is 0 Å². The predicted octanol–water partition coefficient (Wildman–Crippen LogP) is 3.95. The quantitative estimate of drug-likeness (QED) is 0.465. The first-order valence-electron chi connectivity index (χ1n) is 7.22. The summed E-state index contributed by atoms with van der Waals surface area (Å²) in [6.07, 6.45) is 3.04. The minimum Gasteiger partial charge on any atom is -0.457 e. The molecule has 0 heterocycles. The number of ether oxygens (including phenoxy) is 1. The zero-order chi connectivity index (χ0) is 17.4. The maximum atomic E-state index is 12.4. The molecule has 0 radical (unpaired) electrons. The summed E-state index contributed by atoms with van der Waals surface area (Å²) in [6.45, 7) is 3.57. The van der Waals surface area contributed by atoms with E-state index in [1.807, 2.05) is 30.3 Å². The molecule has 4 nitrogen and oxygen atoms in total. The Hall–Kier alpha value is -2.66. The number of rotatable bonds is 6. The smallest absolute Gasteiger partial charge is 0.355 e. The summed E-state index contributed by atoms with van der Waals surface area (Å²) in [5.41, 5.74) is 1.26. The molecule has 0 aliphatic heterocycles. The molecule has 0 aromatic heterocycles. The lowest BCUT2D eigenvalue weighted by Crippen LogP contribution is -2.28. The summed E-state index contributed by atoms with van der Waals surface area (Å²) in [5.74, 6) is -1.03. The third kappa shape index (κ3) is 4.93. The van der Waals surface area contributed by atoms with Gasteiger partial charge in [-0.05, 0) is 39.7 Å². The Morgan fingerprint density at radius 1 is 1.08 bits per heavy atom. The lowest BCUT2D eigenvalue weighted by molar-refractivity contribution is -0.138. The van der Waals surface area contributed by atoms with Crippen LogP contribution in [0.4, 0.5) is 0 Å². The van der Waals surface area contributed by atoms with Crippen molar-refractivity contribution in [1.82, 2.24) is 5.32 Å². The maximum Gasteiger partial charge on any atom is 0.355 e. The van der Waals surface area contributed by atoms with Crippen molar-refractivity contribution < 1.29 is 14.3 Å². The van der Waals surface area contributed by atoms with E-state index in [2.05, 4.69) is 27.8 Å². The maximum absolute atomic E-state index is 12.4. The minimum absolute atomic E-state index is 0.0591. The molecular weight excluding hydrogens is 370 g/mol. The van der Waals surface area contributed by atoms with E-state index in [4.69, 9.17) is 4.74 Å². The molecule has 122 valence electrons. The van der Waals surface area contributed by atoms with E-state index in [1.54, 1.807) is 30.3 Å². The van der Waals surface area contributed by atoms with Crippen LogP contribution in [0.15, 0.2) is 77.4 Å². The van der Waals surface area contributed by atoms with Gasteiger partial charge in [0, 0.05) is 4.47 Å². The normalized spacial score (nSPS) is 10.8. The van der Waals surface area contributed by atoms with Crippen molar-refractivity contribution >= 4 is 33.9 Å². The Morgan fingerprint density at radius 3 is 2.42 bits per heavy atom. The minimum atomic E-state index is -0.626. The molecule has 2 aromatic carbocycles. The van der Waals surface area contributed by atoms with Crippen LogP contribution in [0.1, 0.15) is 15.9 Å². The second kappa shape index (κ2) is 8.84. The molecule has 1 amide bonds. The number of nitrogens with one attached hydrogen (secondary N) is 1. The number of esters is 1. The highest BCUT2D eigenvalue weighted by Gasteiger charge is 2.17. The highest BCUT2D eigenvalue weighted by Crippen LogP contribution is 2.16. The number of amides is 1. The SMILES string of the molecule is C=CCOC(=O)/C(=C\c1ccccc1)NC(=O)c1ccccc1Br. The third-order valence-electron chi connectivity index (χ3n) is 3.03. The van der Waals surface area contributed by atoms with Gasteiger partial charge in [-0.3, -0.25) is 4.79 Å². The van der Waals surface area contributed by atoms with Crippen LogP contribution in [0.5, 0.6) is 0 Å². The highest BCUT2D eigenvalue weighted by atomic mass is 79.9. The van der Waals surface area contributed by atoms with Gasteiger partial charge in [-0.2, -0.15) is 0 Å². The summed E-state index contributed by atoms with van der Waals surface area (Å²) in [4.78, 5) is 24.6. The van der Waals surface area contributed by atoms with E-state index in [0.29, 0.717) is 10.0 Å². The molecule has 0 aliphatic rings. The van der Waals surface area contributed by atoms with Crippen LogP contribution in [0, 0.1) is 0 Å². The van der Waals surface area contributed by atoms with Gasteiger partial charge in [-0.1, -0.05) is 55.1 Å². The van der Waals surface area contributed by atoms with E-state index in [1.165, 1.54) is 6.08 Å². The monoisotopic (exact) mass is 385 g/mol. The van der Waals surface area contributed by atoms with Gasteiger partial charge in [0.05, 0.1) is 5.56 Å². The molecule has 0 atom stereocenters. The van der Waals surface area contributed by atoms with Gasteiger partial charge in [-0.25, -0.2) is 4.79 Å². The van der Waals surface area contributed by atoms with Crippen molar-refractivity contribution in [3.05, 3.63) is 88.5 Å². The van der Waals surface area contributed by atoms with Crippen LogP contribution in [0.3, 0.4) is 0 Å². The second-order valence-electron chi connectivity index (χ2n) is 4.79. The summed E-state index contributed by atoms with van der Waals surface area (Å²) in [5, 5.41) is 2.61. The molecule has 2 rings (SSSR count). The number of benzene rings is 2. The summed E-state index contributed by atoms with van der Waals surface area (Å²) in [7, 11) is 0. The number of carbonyl (C=O) groups excluding carboxylic acids is 2. The average molecular weight is 386 g/mol. The van der Waals surface area contributed by atoms with E-state index in [0.717, 1.165) is 5.56 Å². The third-order valence-corrected chi connectivity index (χ3v) is 3.72. The molecule has 0 unspecified atom stereocenters. The van der Waals surface area contributed by atoms with Crippen LogP contribution in [-0.4, -0.2) is 18.5 Å². The van der Waals surface area contributed by atoms with Crippen LogP contribution in [-0.2, 0) is 9.53 Å². The first-order chi connectivity index (χ1) is 11.6. The predicted molar refractivity (Wildman–Crippen MR) is 97.2 cm³/mol. The standard InChI is InChI=1S/C19H16BrNO3/c1-2-12-24-19(23)17(13-14-8-4-3-5-9-14)21-18(22)15-10-6-7-11-16(15)20/h2-11,13H,1,12H2,(H,21,22)/b17-13+. The Balaban J connectivity index is 2.27.